The highest BCUT2D eigenvalue weighted by Crippen LogP contribution is 2.15. The molecule has 3 rings (SSSR count). The molecule has 0 radical (unpaired) electrons. The SMILES string of the molecule is CCNC(=NCc1ccc(N2CCN(CC)CC2)nc1)NCCCOCC1CCOCC1.I. The standard InChI is InChI=1S/C24H42N6O2.HI/c1-3-25-24(26-10-5-15-32-20-21-8-16-31-17-9-21)28-19-22-6-7-23(27-18-22)30-13-11-29(4-2)12-14-30;/h6-7,18,21H,3-5,8-17,19-20H2,1-2H3,(H2,25,26,28);1H. The van der Waals surface area contributed by atoms with Gasteiger partial charge in [-0.2, -0.15) is 0 Å². The summed E-state index contributed by atoms with van der Waals surface area (Å²) in [7, 11) is 0. The van der Waals surface area contributed by atoms with E-state index in [0.29, 0.717) is 12.5 Å². The largest absolute Gasteiger partial charge is 0.381 e. The number of nitrogens with zero attached hydrogens (tertiary/aromatic N) is 4. The summed E-state index contributed by atoms with van der Waals surface area (Å²) in [5, 5.41) is 6.73. The molecule has 0 unspecified atom stereocenters. The second-order valence-electron chi connectivity index (χ2n) is 8.55. The molecule has 0 atom stereocenters. The molecule has 0 saturated carbocycles. The number of hydrogen-bond donors (Lipinski definition) is 2. The number of anilines is 1. The van der Waals surface area contributed by atoms with Crippen LogP contribution in [0.25, 0.3) is 0 Å². The average molecular weight is 575 g/mol. The molecule has 0 aromatic carbocycles. The molecule has 3 heterocycles. The van der Waals surface area contributed by atoms with Crippen molar-refractivity contribution in [2.75, 3.05) is 77.1 Å². The van der Waals surface area contributed by atoms with Crippen molar-refractivity contribution >= 4 is 35.8 Å². The third kappa shape index (κ3) is 10.3. The molecule has 2 aliphatic rings. The molecule has 1 aromatic heterocycles. The van der Waals surface area contributed by atoms with Crippen molar-refractivity contribution in [3.63, 3.8) is 0 Å². The van der Waals surface area contributed by atoms with Gasteiger partial charge in [0.15, 0.2) is 5.96 Å². The molecule has 0 aliphatic carbocycles. The lowest BCUT2D eigenvalue weighted by Gasteiger charge is -2.34. The minimum Gasteiger partial charge on any atom is -0.381 e. The van der Waals surface area contributed by atoms with Gasteiger partial charge in [-0.15, -0.1) is 24.0 Å². The predicted octanol–water partition coefficient (Wildman–Crippen LogP) is 2.73. The summed E-state index contributed by atoms with van der Waals surface area (Å²) in [4.78, 5) is 14.3. The number of aliphatic imine (C=N–C) groups is 1. The predicted molar refractivity (Wildman–Crippen MR) is 146 cm³/mol. The van der Waals surface area contributed by atoms with Gasteiger partial charge in [0.05, 0.1) is 6.54 Å². The van der Waals surface area contributed by atoms with Crippen LogP contribution >= 0.6 is 24.0 Å². The first-order chi connectivity index (χ1) is 15.8. The Kier molecular flexibility index (Phi) is 14.0. The Bertz CT molecular complexity index is 661. The molecular formula is C24H43IN6O2. The highest BCUT2D eigenvalue weighted by atomic mass is 127. The van der Waals surface area contributed by atoms with Crippen LogP contribution < -0.4 is 15.5 Å². The maximum atomic E-state index is 5.85. The van der Waals surface area contributed by atoms with Gasteiger partial charge in [0, 0.05) is 71.9 Å². The molecule has 2 aliphatic heterocycles. The highest BCUT2D eigenvalue weighted by Gasteiger charge is 2.16. The quantitative estimate of drug-likeness (QED) is 0.182. The lowest BCUT2D eigenvalue weighted by Crippen LogP contribution is -2.46. The molecule has 0 amide bonds. The fourth-order valence-corrected chi connectivity index (χ4v) is 4.05. The average Bonchev–Trinajstić information content (AvgIpc) is 2.85. The third-order valence-corrected chi connectivity index (χ3v) is 6.17. The summed E-state index contributed by atoms with van der Waals surface area (Å²) >= 11 is 0. The van der Waals surface area contributed by atoms with Crippen molar-refractivity contribution in [1.29, 1.82) is 0 Å². The van der Waals surface area contributed by atoms with Gasteiger partial charge in [-0.3, -0.25) is 0 Å². The Hall–Kier alpha value is -1.17. The molecule has 9 heteroatoms. The fourth-order valence-electron chi connectivity index (χ4n) is 4.05. The van der Waals surface area contributed by atoms with Gasteiger partial charge in [0.1, 0.15) is 5.82 Å². The number of piperazine rings is 1. The van der Waals surface area contributed by atoms with Crippen molar-refractivity contribution < 1.29 is 9.47 Å². The second-order valence-corrected chi connectivity index (χ2v) is 8.55. The Morgan fingerprint density at radius 2 is 1.94 bits per heavy atom. The molecule has 1 aromatic rings. The van der Waals surface area contributed by atoms with Crippen LogP contribution in [-0.4, -0.2) is 88.1 Å². The van der Waals surface area contributed by atoms with Crippen LogP contribution in [0.5, 0.6) is 0 Å². The van der Waals surface area contributed by atoms with Crippen molar-refractivity contribution in [3.8, 4) is 0 Å². The zero-order valence-electron chi connectivity index (χ0n) is 20.4. The summed E-state index contributed by atoms with van der Waals surface area (Å²) in [6, 6.07) is 4.27. The molecule has 0 spiro atoms. The van der Waals surface area contributed by atoms with E-state index >= 15 is 0 Å². The van der Waals surface area contributed by atoms with Gasteiger partial charge in [-0.05, 0) is 50.3 Å². The first-order valence-electron chi connectivity index (χ1n) is 12.4. The van der Waals surface area contributed by atoms with Gasteiger partial charge >= 0.3 is 0 Å². The summed E-state index contributed by atoms with van der Waals surface area (Å²) in [5.41, 5.74) is 1.12. The Morgan fingerprint density at radius 3 is 2.61 bits per heavy atom. The molecule has 2 fully saturated rings. The Morgan fingerprint density at radius 1 is 1.15 bits per heavy atom. The van der Waals surface area contributed by atoms with Crippen molar-refractivity contribution in [2.45, 2.75) is 39.7 Å². The van der Waals surface area contributed by atoms with Crippen LogP contribution in [-0.2, 0) is 16.0 Å². The normalized spacial score (nSPS) is 18.1. The number of pyridine rings is 1. The smallest absolute Gasteiger partial charge is 0.191 e. The molecule has 33 heavy (non-hydrogen) atoms. The van der Waals surface area contributed by atoms with Gasteiger partial charge in [0.2, 0.25) is 0 Å². The zero-order chi connectivity index (χ0) is 22.4. The number of nitrogens with one attached hydrogen (secondary N) is 2. The van der Waals surface area contributed by atoms with E-state index in [0.717, 1.165) is 109 Å². The van der Waals surface area contributed by atoms with Crippen LogP contribution in [0, 0.1) is 5.92 Å². The molecule has 0 bridgehead atoms. The Balaban J connectivity index is 0.00000385. The number of likely N-dealkylation sites (N-methyl/N-ethyl adjacent to an activating group) is 1. The van der Waals surface area contributed by atoms with Crippen LogP contribution in [0.1, 0.15) is 38.7 Å². The summed E-state index contributed by atoms with van der Waals surface area (Å²) in [5.74, 6) is 2.58. The molecule has 8 nitrogen and oxygen atoms in total. The van der Waals surface area contributed by atoms with Crippen molar-refractivity contribution in [2.24, 2.45) is 10.9 Å². The van der Waals surface area contributed by atoms with Gasteiger partial charge in [0.25, 0.3) is 0 Å². The van der Waals surface area contributed by atoms with E-state index in [-0.39, 0.29) is 24.0 Å². The lowest BCUT2D eigenvalue weighted by molar-refractivity contribution is 0.0203. The summed E-state index contributed by atoms with van der Waals surface area (Å²) in [6.45, 7) is 15.5. The van der Waals surface area contributed by atoms with Gasteiger partial charge in [-0.25, -0.2) is 9.98 Å². The fraction of sp³-hybridized carbons (Fsp3) is 0.750. The first-order valence-corrected chi connectivity index (χ1v) is 12.4. The Labute approximate surface area is 216 Å². The molecule has 188 valence electrons. The maximum absolute atomic E-state index is 5.85. The van der Waals surface area contributed by atoms with Crippen LogP contribution in [0.4, 0.5) is 5.82 Å². The van der Waals surface area contributed by atoms with Crippen molar-refractivity contribution in [1.82, 2.24) is 20.5 Å². The van der Waals surface area contributed by atoms with E-state index in [2.05, 4.69) is 51.4 Å². The van der Waals surface area contributed by atoms with Crippen molar-refractivity contribution in [3.05, 3.63) is 23.9 Å². The number of hydrogen-bond acceptors (Lipinski definition) is 6. The highest BCUT2D eigenvalue weighted by molar-refractivity contribution is 14.0. The summed E-state index contributed by atoms with van der Waals surface area (Å²) in [6.07, 6.45) is 5.18. The van der Waals surface area contributed by atoms with Gasteiger partial charge < -0.3 is 29.9 Å². The first kappa shape index (κ1) is 28.1. The molecule has 2 saturated heterocycles. The van der Waals surface area contributed by atoms with E-state index in [1.807, 2.05) is 6.20 Å². The van der Waals surface area contributed by atoms with Crippen LogP contribution in [0.2, 0.25) is 0 Å². The number of halogens is 1. The van der Waals surface area contributed by atoms with Crippen LogP contribution in [0.15, 0.2) is 23.3 Å². The number of rotatable bonds is 11. The second kappa shape index (κ2) is 16.5. The lowest BCUT2D eigenvalue weighted by atomic mass is 10.0. The number of ether oxygens (including phenoxy) is 2. The zero-order valence-corrected chi connectivity index (χ0v) is 22.8. The number of guanidine groups is 1. The van der Waals surface area contributed by atoms with E-state index in [1.165, 1.54) is 0 Å². The topological polar surface area (TPSA) is 74.3 Å². The van der Waals surface area contributed by atoms with E-state index in [9.17, 15) is 0 Å². The minimum absolute atomic E-state index is 0. The maximum Gasteiger partial charge on any atom is 0.191 e. The number of aromatic nitrogens is 1. The molecule has 2 N–H and O–H groups in total. The van der Waals surface area contributed by atoms with Crippen LogP contribution in [0.3, 0.4) is 0 Å². The van der Waals surface area contributed by atoms with Gasteiger partial charge in [-0.1, -0.05) is 13.0 Å². The van der Waals surface area contributed by atoms with E-state index in [4.69, 9.17) is 14.5 Å². The summed E-state index contributed by atoms with van der Waals surface area (Å²) < 4.78 is 11.2. The van der Waals surface area contributed by atoms with E-state index in [1.54, 1.807) is 0 Å². The monoisotopic (exact) mass is 574 g/mol. The van der Waals surface area contributed by atoms with E-state index < -0.39 is 0 Å². The minimum atomic E-state index is 0. The third-order valence-electron chi connectivity index (χ3n) is 6.17. The molecular weight excluding hydrogens is 531 g/mol.